The lowest BCUT2D eigenvalue weighted by molar-refractivity contribution is 0.102. The fourth-order valence-electron chi connectivity index (χ4n) is 2.11. The molecule has 0 aliphatic heterocycles. The molecule has 0 unspecified atom stereocenters. The van der Waals surface area contributed by atoms with Gasteiger partial charge in [0.05, 0.1) is 10.6 Å². The Morgan fingerprint density at radius 3 is 2.55 bits per heavy atom. The molecule has 0 radical (unpaired) electrons. The van der Waals surface area contributed by atoms with Gasteiger partial charge in [0.1, 0.15) is 0 Å². The van der Waals surface area contributed by atoms with Crippen molar-refractivity contribution in [2.75, 3.05) is 5.32 Å². The molecule has 3 heterocycles. The number of aryl methyl sites for hydroxylation is 2. The second kappa shape index (κ2) is 6.03. The van der Waals surface area contributed by atoms with Gasteiger partial charge in [-0.1, -0.05) is 11.3 Å². The lowest BCUT2D eigenvalue weighted by Gasteiger charge is -2.03. The van der Waals surface area contributed by atoms with E-state index in [0.717, 1.165) is 21.7 Å². The van der Waals surface area contributed by atoms with Crippen LogP contribution in [0.1, 0.15) is 21.6 Å². The van der Waals surface area contributed by atoms with Gasteiger partial charge in [0, 0.05) is 30.4 Å². The number of carbonyl (C=O) groups is 1. The maximum atomic E-state index is 12.3. The van der Waals surface area contributed by atoms with Gasteiger partial charge in [-0.05, 0) is 43.2 Å². The molecule has 0 aliphatic carbocycles. The summed E-state index contributed by atoms with van der Waals surface area (Å²) in [7, 11) is 0. The average Bonchev–Trinajstić information content (AvgIpc) is 2.89. The molecule has 0 atom stereocenters. The lowest BCUT2D eigenvalue weighted by atomic mass is 10.1. The summed E-state index contributed by atoms with van der Waals surface area (Å²) in [6.07, 6.45) is 6.77. The molecule has 0 fully saturated rings. The van der Waals surface area contributed by atoms with Gasteiger partial charge in [-0.3, -0.25) is 20.1 Å². The molecule has 1 amide bonds. The fourth-order valence-corrected chi connectivity index (χ4v) is 3.08. The van der Waals surface area contributed by atoms with Gasteiger partial charge in [-0.15, -0.1) is 0 Å². The Bertz CT molecular complexity index is 814. The largest absolute Gasteiger partial charge is 0.298 e. The Hall–Kier alpha value is -2.60. The highest BCUT2D eigenvalue weighted by Crippen LogP contribution is 2.32. The van der Waals surface area contributed by atoms with Crippen LogP contribution in [0.15, 0.2) is 43.0 Å². The second-order valence-electron chi connectivity index (χ2n) is 4.81. The summed E-state index contributed by atoms with van der Waals surface area (Å²) in [4.78, 5) is 25.8. The number of rotatable bonds is 3. The van der Waals surface area contributed by atoms with Gasteiger partial charge in [-0.25, -0.2) is 4.98 Å². The second-order valence-corrected chi connectivity index (χ2v) is 5.81. The first-order valence-corrected chi connectivity index (χ1v) is 7.56. The minimum Gasteiger partial charge on any atom is -0.298 e. The van der Waals surface area contributed by atoms with Gasteiger partial charge in [-0.2, -0.15) is 0 Å². The highest BCUT2D eigenvalue weighted by atomic mass is 32.1. The fraction of sp³-hybridized carbons (Fsp3) is 0.125. The lowest BCUT2D eigenvalue weighted by Crippen LogP contribution is -2.13. The Morgan fingerprint density at radius 2 is 1.82 bits per heavy atom. The van der Waals surface area contributed by atoms with Crippen molar-refractivity contribution in [1.29, 1.82) is 0 Å². The van der Waals surface area contributed by atoms with E-state index in [1.165, 1.54) is 11.3 Å². The van der Waals surface area contributed by atoms with E-state index >= 15 is 0 Å². The van der Waals surface area contributed by atoms with Crippen LogP contribution in [0.25, 0.3) is 10.4 Å². The van der Waals surface area contributed by atoms with Crippen LogP contribution < -0.4 is 5.32 Å². The third-order valence-corrected chi connectivity index (χ3v) is 4.35. The molecule has 22 heavy (non-hydrogen) atoms. The van der Waals surface area contributed by atoms with Crippen LogP contribution in [-0.4, -0.2) is 20.9 Å². The average molecular weight is 310 g/mol. The highest BCUT2D eigenvalue weighted by molar-refractivity contribution is 7.19. The highest BCUT2D eigenvalue weighted by Gasteiger charge is 2.14. The van der Waals surface area contributed by atoms with Crippen LogP contribution >= 0.6 is 11.3 Å². The van der Waals surface area contributed by atoms with Gasteiger partial charge < -0.3 is 0 Å². The van der Waals surface area contributed by atoms with Crippen molar-refractivity contribution >= 4 is 22.4 Å². The van der Waals surface area contributed by atoms with E-state index in [1.807, 2.05) is 26.0 Å². The van der Waals surface area contributed by atoms with Crippen molar-refractivity contribution in [3.63, 3.8) is 0 Å². The number of aromatic nitrogens is 3. The van der Waals surface area contributed by atoms with Crippen molar-refractivity contribution in [2.45, 2.75) is 13.8 Å². The van der Waals surface area contributed by atoms with E-state index in [9.17, 15) is 4.79 Å². The summed E-state index contributed by atoms with van der Waals surface area (Å²) < 4.78 is 0. The number of anilines is 1. The standard InChI is InChI=1S/C16H14N4OS/c1-10-9-18-8-5-13(10)15(21)20-16-19-11(2)14(22-16)12-3-6-17-7-4-12/h3-9H,1-2H3,(H,19,20,21). The Balaban J connectivity index is 1.86. The molecule has 0 saturated carbocycles. The van der Waals surface area contributed by atoms with E-state index in [1.54, 1.807) is 30.9 Å². The Labute approximate surface area is 132 Å². The van der Waals surface area contributed by atoms with Crippen molar-refractivity contribution < 1.29 is 4.79 Å². The van der Waals surface area contributed by atoms with E-state index in [4.69, 9.17) is 0 Å². The molecule has 5 nitrogen and oxygen atoms in total. The first-order chi connectivity index (χ1) is 10.6. The molecule has 0 aromatic carbocycles. The summed E-state index contributed by atoms with van der Waals surface area (Å²) in [5.41, 5.74) is 3.37. The van der Waals surface area contributed by atoms with E-state index in [0.29, 0.717) is 10.7 Å². The SMILES string of the molecule is Cc1cnccc1C(=O)Nc1nc(C)c(-c2ccncc2)s1. The molecule has 3 aromatic heterocycles. The predicted octanol–water partition coefficient (Wildman–Crippen LogP) is 3.47. The van der Waals surface area contributed by atoms with E-state index < -0.39 is 0 Å². The summed E-state index contributed by atoms with van der Waals surface area (Å²) in [5, 5.41) is 3.44. The molecule has 3 aromatic rings. The number of nitrogens with one attached hydrogen (secondary N) is 1. The predicted molar refractivity (Wildman–Crippen MR) is 87.0 cm³/mol. The zero-order valence-electron chi connectivity index (χ0n) is 12.2. The van der Waals surface area contributed by atoms with Crippen molar-refractivity contribution in [3.05, 3.63) is 59.8 Å². The maximum Gasteiger partial charge on any atom is 0.257 e. The number of carbonyl (C=O) groups excluding carboxylic acids is 1. The zero-order chi connectivity index (χ0) is 15.5. The van der Waals surface area contributed by atoms with Crippen LogP contribution in [0.3, 0.4) is 0 Å². The molecule has 1 N–H and O–H groups in total. The van der Waals surface area contributed by atoms with Crippen molar-refractivity contribution in [2.24, 2.45) is 0 Å². The van der Waals surface area contributed by atoms with Crippen LogP contribution in [-0.2, 0) is 0 Å². The third kappa shape index (κ3) is 2.87. The molecule has 0 bridgehead atoms. The first kappa shape index (κ1) is 14.3. The Morgan fingerprint density at radius 1 is 1.09 bits per heavy atom. The van der Waals surface area contributed by atoms with Crippen LogP contribution in [0.4, 0.5) is 5.13 Å². The maximum absolute atomic E-state index is 12.3. The van der Waals surface area contributed by atoms with Gasteiger partial charge in [0.25, 0.3) is 5.91 Å². The molecule has 0 aliphatic rings. The number of amides is 1. The molecule has 6 heteroatoms. The number of hydrogen-bond acceptors (Lipinski definition) is 5. The number of hydrogen-bond donors (Lipinski definition) is 1. The summed E-state index contributed by atoms with van der Waals surface area (Å²) in [6.45, 7) is 3.79. The summed E-state index contributed by atoms with van der Waals surface area (Å²) in [6, 6.07) is 5.56. The molecular weight excluding hydrogens is 296 g/mol. The zero-order valence-corrected chi connectivity index (χ0v) is 13.0. The van der Waals surface area contributed by atoms with Crippen LogP contribution in [0.5, 0.6) is 0 Å². The van der Waals surface area contributed by atoms with Gasteiger partial charge >= 0.3 is 0 Å². The van der Waals surface area contributed by atoms with Crippen molar-refractivity contribution in [1.82, 2.24) is 15.0 Å². The van der Waals surface area contributed by atoms with Crippen LogP contribution in [0, 0.1) is 13.8 Å². The summed E-state index contributed by atoms with van der Waals surface area (Å²) in [5.74, 6) is -0.171. The van der Waals surface area contributed by atoms with Gasteiger partial charge in [0.2, 0.25) is 0 Å². The third-order valence-electron chi connectivity index (χ3n) is 3.22. The normalized spacial score (nSPS) is 10.5. The minimum atomic E-state index is -0.171. The molecule has 3 rings (SSSR count). The topological polar surface area (TPSA) is 67.8 Å². The van der Waals surface area contributed by atoms with Crippen LogP contribution in [0.2, 0.25) is 0 Å². The van der Waals surface area contributed by atoms with Crippen molar-refractivity contribution in [3.8, 4) is 10.4 Å². The van der Waals surface area contributed by atoms with E-state index in [2.05, 4.69) is 20.3 Å². The number of nitrogens with zero attached hydrogens (tertiary/aromatic N) is 3. The molecule has 0 spiro atoms. The first-order valence-electron chi connectivity index (χ1n) is 6.75. The quantitative estimate of drug-likeness (QED) is 0.804. The number of pyridine rings is 2. The Kier molecular flexibility index (Phi) is 3.93. The van der Waals surface area contributed by atoms with Gasteiger partial charge in [0.15, 0.2) is 5.13 Å². The summed E-state index contributed by atoms with van der Waals surface area (Å²) >= 11 is 1.45. The molecular formula is C16H14N4OS. The minimum absolute atomic E-state index is 0.171. The molecule has 110 valence electrons. The molecule has 0 saturated heterocycles. The van der Waals surface area contributed by atoms with E-state index in [-0.39, 0.29) is 5.91 Å². The monoisotopic (exact) mass is 310 g/mol. The smallest absolute Gasteiger partial charge is 0.257 e. The number of thiazole rings is 1.